The van der Waals surface area contributed by atoms with E-state index in [-0.39, 0.29) is 28.1 Å². The molecule has 4 N–H and O–H groups in total. The maximum absolute atomic E-state index is 12.2. The van der Waals surface area contributed by atoms with E-state index in [1.54, 1.807) is 0 Å². The summed E-state index contributed by atoms with van der Waals surface area (Å²) in [6.45, 7) is 4.91. The number of hydrogen-bond acceptors (Lipinski definition) is 5. The molecule has 2 rings (SSSR count). The van der Waals surface area contributed by atoms with Gasteiger partial charge < -0.3 is 16.4 Å². The Morgan fingerprint density at radius 1 is 1.17 bits per heavy atom. The second-order valence-electron chi connectivity index (χ2n) is 5.20. The van der Waals surface area contributed by atoms with Crippen molar-refractivity contribution in [3.63, 3.8) is 0 Å². The highest BCUT2D eigenvalue weighted by atomic mass is 32.1. The molecular formula is C16H20N4O2S. The number of aromatic nitrogens is 1. The third kappa shape index (κ3) is 4.29. The van der Waals surface area contributed by atoms with Gasteiger partial charge in [0, 0.05) is 13.1 Å². The Morgan fingerprint density at radius 2 is 1.87 bits per heavy atom. The standard InChI is InChI=1S/C16H20N4O2S/c1-3-8-18-16(22)14-12(17)13(20-23-14)15(21)19-9-11-6-4-10(2)5-7-11/h4-7H,3,8-9,17H2,1-2H3,(H,18,22)(H,19,21). The summed E-state index contributed by atoms with van der Waals surface area (Å²) in [5.41, 5.74) is 8.27. The van der Waals surface area contributed by atoms with E-state index in [1.165, 1.54) is 0 Å². The number of carbonyl (C=O) groups excluding carboxylic acids is 2. The Morgan fingerprint density at radius 3 is 2.52 bits per heavy atom. The number of nitrogen functional groups attached to an aromatic ring is 1. The molecule has 0 aliphatic heterocycles. The largest absolute Gasteiger partial charge is 0.395 e. The SMILES string of the molecule is CCCNC(=O)c1snc(C(=O)NCc2ccc(C)cc2)c1N. The lowest BCUT2D eigenvalue weighted by atomic mass is 10.1. The third-order valence-electron chi connectivity index (χ3n) is 3.26. The maximum atomic E-state index is 12.2. The van der Waals surface area contributed by atoms with E-state index in [9.17, 15) is 9.59 Å². The lowest BCUT2D eigenvalue weighted by Crippen LogP contribution is -2.26. The number of nitrogens with two attached hydrogens (primary N) is 1. The second-order valence-corrected chi connectivity index (χ2v) is 5.97. The highest BCUT2D eigenvalue weighted by Crippen LogP contribution is 2.21. The highest BCUT2D eigenvalue weighted by molar-refractivity contribution is 7.09. The molecule has 1 aromatic heterocycles. The van der Waals surface area contributed by atoms with E-state index in [4.69, 9.17) is 5.73 Å². The monoisotopic (exact) mass is 332 g/mol. The van der Waals surface area contributed by atoms with E-state index in [1.807, 2.05) is 38.1 Å². The Labute approximate surface area is 139 Å². The highest BCUT2D eigenvalue weighted by Gasteiger charge is 2.21. The average Bonchev–Trinajstić information content (AvgIpc) is 2.93. The van der Waals surface area contributed by atoms with E-state index in [2.05, 4.69) is 15.0 Å². The predicted octanol–water partition coefficient (Wildman–Crippen LogP) is 2.10. The van der Waals surface area contributed by atoms with Crippen molar-refractivity contribution in [3.8, 4) is 0 Å². The number of benzene rings is 1. The van der Waals surface area contributed by atoms with Gasteiger partial charge in [0.2, 0.25) is 0 Å². The molecule has 0 atom stereocenters. The van der Waals surface area contributed by atoms with Crippen LogP contribution in [0.15, 0.2) is 24.3 Å². The molecule has 0 aliphatic carbocycles. The average molecular weight is 332 g/mol. The summed E-state index contributed by atoms with van der Waals surface area (Å²) in [6, 6.07) is 7.86. The van der Waals surface area contributed by atoms with Crippen LogP contribution in [0.25, 0.3) is 0 Å². The molecule has 0 bridgehead atoms. The molecular weight excluding hydrogens is 312 g/mol. The number of nitrogens with zero attached hydrogens (tertiary/aromatic N) is 1. The van der Waals surface area contributed by atoms with E-state index < -0.39 is 0 Å². The van der Waals surface area contributed by atoms with Gasteiger partial charge in [0.25, 0.3) is 11.8 Å². The second kappa shape index (κ2) is 7.73. The summed E-state index contributed by atoms with van der Waals surface area (Å²) >= 11 is 0.939. The number of anilines is 1. The van der Waals surface area contributed by atoms with Crippen LogP contribution in [-0.2, 0) is 6.54 Å². The summed E-state index contributed by atoms with van der Waals surface area (Å²) in [4.78, 5) is 24.4. The number of nitrogens with one attached hydrogen (secondary N) is 2. The number of hydrogen-bond donors (Lipinski definition) is 3. The summed E-state index contributed by atoms with van der Waals surface area (Å²) < 4.78 is 4.01. The van der Waals surface area contributed by atoms with Gasteiger partial charge in [0.05, 0.1) is 5.69 Å². The number of amides is 2. The van der Waals surface area contributed by atoms with Crippen LogP contribution in [0.5, 0.6) is 0 Å². The fraction of sp³-hybridized carbons (Fsp3) is 0.312. The Hall–Kier alpha value is -2.41. The van der Waals surface area contributed by atoms with Gasteiger partial charge in [-0.05, 0) is 30.4 Å². The van der Waals surface area contributed by atoms with Gasteiger partial charge in [0.1, 0.15) is 4.88 Å². The maximum Gasteiger partial charge on any atom is 0.273 e. The first-order chi connectivity index (χ1) is 11.0. The van der Waals surface area contributed by atoms with E-state index in [0.717, 1.165) is 29.1 Å². The zero-order valence-corrected chi connectivity index (χ0v) is 14.0. The van der Waals surface area contributed by atoms with Crippen molar-refractivity contribution in [2.24, 2.45) is 0 Å². The minimum atomic E-state index is -0.381. The van der Waals surface area contributed by atoms with Crippen LogP contribution in [0.3, 0.4) is 0 Å². The van der Waals surface area contributed by atoms with Gasteiger partial charge in [-0.1, -0.05) is 36.8 Å². The molecule has 2 amide bonds. The lowest BCUT2D eigenvalue weighted by molar-refractivity contribution is 0.0947. The third-order valence-corrected chi connectivity index (χ3v) is 4.12. The molecule has 0 fully saturated rings. The Balaban J connectivity index is 2.01. The first-order valence-corrected chi connectivity index (χ1v) is 8.17. The molecule has 2 aromatic rings. The topological polar surface area (TPSA) is 97.1 Å². The van der Waals surface area contributed by atoms with Crippen molar-refractivity contribution in [1.29, 1.82) is 0 Å². The minimum absolute atomic E-state index is 0.101. The van der Waals surface area contributed by atoms with E-state index >= 15 is 0 Å². The van der Waals surface area contributed by atoms with Crippen LogP contribution in [-0.4, -0.2) is 22.7 Å². The molecule has 23 heavy (non-hydrogen) atoms. The predicted molar refractivity (Wildman–Crippen MR) is 91.5 cm³/mol. The summed E-state index contributed by atoms with van der Waals surface area (Å²) in [7, 11) is 0. The molecule has 0 saturated carbocycles. The summed E-state index contributed by atoms with van der Waals surface area (Å²) in [5, 5.41) is 5.49. The van der Waals surface area contributed by atoms with Crippen molar-refractivity contribution < 1.29 is 9.59 Å². The summed E-state index contributed by atoms with van der Waals surface area (Å²) in [6.07, 6.45) is 0.828. The molecule has 0 radical (unpaired) electrons. The number of aryl methyl sites for hydroxylation is 1. The van der Waals surface area contributed by atoms with Crippen LogP contribution >= 0.6 is 11.5 Å². The quantitative estimate of drug-likeness (QED) is 0.754. The first-order valence-electron chi connectivity index (χ1n) is 7.40. The van der Waals surface area contributed by atoms with Crippen molar-refractivity contribution in [3.05, 3.63) is 46.0 Å². The van der Waals surface area contributed by atoms with Gasteiger partial charge in [-0.3, -0.25) is 9.59 Å². The molecule has 6 nitrogen and oxygen atoms in total. The normalized spacial score (nSPS) is 10.3. The Bertz CT molecular complexity index is 695. The number of rotatable bonds is 6. The molecule has 0 aliphatic rings. The fourth-order valence-electron chi connectivity index (χ4n) is 1.92. The molecule has 1 aromatic carbocycles. The van der Waals surface area contributed by atoms with Gasteiger partial charge in [0.15, 0.2) is 5.69 Å². The summed E-state index contributed by atoms with van der Waals surface area (Å²) in [5.74, 6) is -0.673. The van der Waals surface area contributed by atoms with Crippen molar-refractivity contribution in [1.82, 2.24) is 15.0 Å². The molecule has 1 heterocycles. The van der Waals surface area contributed by atoms with E-state index in [0.29, 0.717) is 13.1 Å². The van der Waals surface area contributed by atoms with Crippen molar-refractivity contribution in [2.45, 2.75) is 26.8 Å². The lowest BCUT2D eigenvalue weighted by Gasteiger charge is -2.05. The molecule has 7 heteroatoms. The number of carbonyl (C=O) groups is 2. The zero-order valence-electron chi connectivity index (χ0n) is 13.2. The van der Waals surface area contributed by atoms with Gasteiger partial charge in [-0.15, -0.1) is 0 Å². The zero-order chi connectivity index (χ0) is 16.8. The van der Waals surface area contributed by atoms with Crippen LogP contribution in [0.4, 0.5) is 5.69 Å². The smallest absolute Gasteiger partial charge is 0.273 e. The molecule has 0 saturated heterocycles. The molecule has 0 unspecified atom stereocenters. The minimum Gasteiger partial charge on any atom is -0.395 e. The van der Waals surface area contributed by atoms with Crippen molar-refractivity contribution in [2.75, 3.05) is 12.3 Å². The van der Waals surface area contributed by atoms with Crippen LogP contribution < -0.4 is 16.4 Å². The van der Waals surface area contributed by atoms with Gasteiger partial charge in [-0.25, -0.2) is 0 Å². The fourth-order valence-corrected chi connectivity index (χ4v) is 2.63. The molecule has 122 valence electrons. The van der Waals surface area contributed by atoms with Crippen LogP contribution in [0.2, 0.25) is 0 Å². The van der Waals surface area contributed by atoms with Gasteiger partial charge >= 0.3 is 0 Å². The van der Waals surface area contributed by atoms with Crippen LogP contribution in [0.1, 0.15) is 44.6 Å². The first kappa shape index (κ1) is 17.0. The Kier molecular flexibility index (Phi) is 5.70. The van der Waals surface area contributed by atoms with Crippen molar-refractivity contribution >= 4 is 29.0 Å². The van der Waals surface area contributed by atoms with Crippen LogP contribution in [0, 0.1) is 6.92 Å². The molecule has 0 spiro atoms. The van der Waals surface area contributed by atoms with Gasteiger partial charge in [-0.2, -0.15) is 4.37 Å².